The lowest BCUT2D eigenvalue weighted by Gasteiger charge is -2.21. The van der Waals surface area contributed by atoms with Gasteiger partial charge in [-0.2, -0.15) is 0 Å². The van der Waals surface area contributed by atoms with E-state index in [0.29, 0.717) is 6.54 Å². The van der Waals surface area contributed by atoms with Gasteiger partial charge in [0.05, 0.1) is 12.1 Å². The molecule has 1 aromatic heterocycles. The monoisotopic (exact) mass is 362 g/mol. The van der Waals surface area contributed by atoms with E-state index in [0.717, 1.165) is 70.1 Å². The molecule has 0 aromatic carbocycles. The summed E-state index contributed by atoms with van der Waals surface area (Å²) in [6.07, 6.45) is 9.07. The zero-order valence-electron chi connectivity index (χ0n) is 16.4. The van der Waals surface area contributed by atoms with Crippen molar-refractivity contribution in [2.75, 3.05) is 26.2 Å². The van der Waals surface area contributed by atoms with Crippen LogP contribution in [0.25, 0.3) is 0 Å². The zero-order valence-corrected chi connectivity index (χ0v) is 16.4. The SMILES string of the molecule is CCNC(=NCC1(C)CCCO1)NCCCc1nnc2n1CCCCC2. The summed E-state index contributed by atoms with van der Waals surface area (Å²) in [5.74, 6) is 3.19. The highest BCUT2D eigenvalue weighted by molar-refractivity contribution is 5.79. The highest BCUT2D eigenvalue weighted by Crippen LogP contribution is 2.25. The van der Waals surface area contributed by atoms with Gasteiger partial charge in [-0.05, 0) is 46.0 Å². The molecule has 146 valence electrons. The van der Waals surface area contributed by atoms with Crippen LogP contribution in [0, 0.1) is 0 Å². The lowest BCUT2D eigenvalue weighted by atomic mass is 10.0. The normalized spacial score (nSPS) is 23.5. The molecule has 2 N–H and O–H groups in total. The van der Waals surface area contributed by atoms with Crippen LogP contribution in [0.5, 0.6) is 0 Å². The first-order valence-corrected chi connectivity index (χ1v) is 10.3. The van der Waals surface area contributed by atoms with Crippen LogP contribution in [-0.2, 0) is 24.1 Å². The van der Waals surface area contributed by atoms with Crippen LogP contribution in [0.1, 0.15) is 64.0 Å². The molecule has 1 saturated heterocycles. The molecule has 0 spiro atoms. The second kappa shape index (κ2) is 9.35. The Bertz CT molecular complexity index is 591. The van der Waals surface area contributed by atoms with Crippen molar-refractivity contribution >= 4 is 5.96 Å². The molecular formula is C19H34N6O. The van der Waals surface area contributed by atoms with Crippen LogP contribution in [0.4, 0.5) is 0 Å². The van der Waals surface area contributed by atoms with E-state index >= 15 is 0 Å². The average Bonchev–Trinajstić information content (AvgIpc) is 3.16. The Morgan fingerprint density at radius 1 is 1.23 bits per heavy atom. The molecule has 2 aliphatic heterocycles. The summed E-state index contributed by atoms with van der Waals surface area (Å²) in [6, 6.07) is 0. The molecule has 7 nitrogen and oxygen atoms in total. The fraction of sp³-hybridized carbons (Fsp3) is 0.842. The van der Waals surface area contributed by atoms with Crippen molar-refractivity contribution < 1.29 is 4.74 Å². The van der Waals surface area contributed by atoms with Gasteiger partial charge in [0.2, 0.25) is 0 Å². The molecule has 1 aromatic rings. The summed E-state index contributed by atoms with van der Waals surface area (Å²) in [5, 5.41) is 15.6. The third-order valence-electron chi connectivity index (χ3n) is 5.27. The van der Waals surface area contributed by atoms with Crippen molar-refractivity contribution in [2.24, 2.45) is 4.99 Å². The molecule has 0 radical (unpaired) electrons. The van der Waals surface area contributed by atoms with Crippen LogP contribution < -0.4 is 10.6 Å². The Morgan fingerprint density at radius 2 is 2.15 bits per heavy atom. The van der Waals surface area contributed by atoms with Gasteiger partial charge < -0.3 is 19.9 Å². The molecule has 0 amide bonds. The number of nitrogens with zero attached hydrogens (tertiary/aromatic N) is 4. The van der Waals surface area contributed by atoms with Crippen molar-refractivity contribution in [2.45, 2.75) is 77.4 Å². The number of ether oxygens (including phenoxy) is 1. The molecule has 2 aliphatic rings. The molecule has 3 rings (SSSR count). The maximum Gasteiger partial charge on any atom is 0.191 e. The highest BCUT2D eigenvalue weighted by atomic mass is 16.5. The van der Waals surface area contributed by atoms with E-state index in [9.17, 15) is 0 Å². The van der Waals surface area contributed by atoms with E-state index in [-0.39, 0.29) is 5.60 Å². The first kappa shape index (κ1) is 19.1. The summed E-state index contributed by atoms with van der Waals surface area (Å²) in [5.41, 5.74) is -0.0958. The molecule has 7 heteroatoms. The minimum atomic E-state index is -0.0958. The van der Waals surface area contributed by atoms with E-state index in [2.05, 4.69) is 39.2 Å². The molecular weight excluding hydrogens is 328 g/mol. The van der Waals surface area contributed by atoms with Crippen molar-refractivity contribution in [3.05, 3.63) is 11.6 Å². The minimum absolute atomic E-state index is 0.0958. The van der Waals surface area contributed by atoms with Crippen LogP contribution in [-0.4, -0.2) is 52.6 Å². The number of aryl methyl sites for hydroxylation is 2. The summed E-state index contributed by atoms with van der Waals surface area (Å²) in [4.78, 5) is 4.72. The van der Waals surface area contributed by atoms with Gasteiger partial charge in [-0.3, -0.25) is 4.99 Å². The van der Waals surface area contributed by atoms with E-state index in [1.54, 1.807) is 0 Å². The highest BCUT2D eigenvalue weighted by Gasteiger charge is 2.29. The predicted octanol–water partition coefficient (Wildman–Crippen LogP) is 2.06. The number of aliphatic imine (C=N–C) groups is 1. The minimum Gasteiger partial charge on any atom is -0.373 e. The molecule has 3 heterocycles. The Balaban J connectivity index is 1.45. The van der Waals surface area contributed by atoms with Crippen molar-refractivity contribution in [3.8, 4) is 0 Å². The van der Waals surface area contributed by atoms with Crippen molar-refractivity contribution in [1.82, 2.24) is 25.4 Å². The van der Waals surface area contributed by atoms with Gasteiger partial charge in [0.25, 0.3) is 0 Å². The Labute approximate surface area is 157 Å². The van der Waals surface area contributed by atoms with Gasteiger partial charge in [-0.1, -0.05) is 6.42 Å². The van der Waals surface area contributed by atoms with E-state index in [1.807, 2.05) is 0 Å². The maximum atomic E-state index is 5.83. The van der Waals surface area contributed by atoms with Gasteiger partial charge in [-0.25, -0.2) is 0 Å². The van der Waals surface area contributed by atoms with E-state index < -0.39 is 0 Å². The van der Waals surface area contributed by atoms with Crippen LogP contribution in [0.2, 0.25) is 0 Å². The zero-order chi connectivity index (χ0) is 18.2. The lowest BCUT2D eigenvalue weighted by molar-refractivity contribution is 0.0283. The van der Waals surface area contributed by atoms with Gasteiger partial charge in [-0.15, -0.1) is 10.2 Å². The quantitative estimate of drug-likeness (QED) is 0.441. The second-order valence-electron chi connectivity index (χ2n) is 7.62. The molecule has 0 aliphatic carbocycles. The fourth-order valence-corrected chi connectivity index (χ4v) is 3.73. The second-order valence-corrected chi connectivity index (χ2v) is 7.62. The van der Waals surface area contributed by atoms with Crippen molar-refractivity contribution in [1.29, 1.82) is 0 Å². The van der Waals surface area contributed by atoms with E-state index in [1.165, 1.54) is 25.1 Å². The number of hydrogen-bond donors (Lipinski definition) is 2. The average molecular weight is 363 g/mol. The third-order valence-corrected chi connectivity index (χ3v) is 5.27. The van der Waals surface area contributed by atoms with Gasteiger partial charge in [0.1, 0.15) is 11.6 Å². The first-order chi connectivity index (χ1) is 12.7. The number of aromatic nitrogens is 3. The molecule has 1 unspecified atom stereocenters. The van der Waals surface area contributed by atoms with Crippen LogP contribution >= 0.6 is 0 Å². The summed E-state index contributed by atoms with van der Waals surface area (Å²) < 4.78 is 8.16. The summed E-state index contributed by atoms with van der Waals surface area (Å²) in [6.45, 7) is 8.64. The van der Waals surface area contributed by atoms with Crippen LogP contribution in [0.3, 0.4) is 0 Å². The number of guanidine groups is 1. The predicted molar refractivity (Wildman–Crippen MR) is 103 cm³/mol. The summed E-state index contributed by atoms with van der Waals surface area (Å²) >= 11 is 0. The van der Waals surface area contributed by atoms with Crippen molar-refractivity contribution in [3.63, 3.8) is 0 Å². The third kappa shape index (κ3) is 5.19. The largest absolute Gasteiger partial charge is 0.373 e. The molecule has 1 atom stereocenters. The lowest BCUT2D eigenvalue weighted by Crippen LogP contribution is -2.39. The number of rotatable bonds is 7. The topological polar surface area (TPSA) is 76.4 Å². The molecule has 1 fully saturated rings. The smallest absolute Gasteiger partial charge is 0.191 e. The Hall–Kier alpha value is -1.63. The Morgan fingerprint density at radius 3 is 2.96 bits per heavy atom. The number of nitrogens with one attached hydrogen (secondary N) is 2. The molecule has 0 saturated carbocycles. The number of fused-ring (bicyclic) bond motifs is 1. The fourth-order valence-electron chi connectivity index (χ4n) is 3.73. The molecule has 26 heavy (non-hydrogen) atoms. The molecule has 0 bridgehead atoms. The van der Waals surface area contributed by atoms with Crippen LogP contribution in [0.15, 0.2) is 4.99 Å². The van der Waals surface area contributed by atoms with Gasteiger partial charge in [0.15, 0.2) is 5.96 Å². The maximum absolute atomic E-state index is 5.83. The number of hydrogen-bond acceptors (Lipinski definition) is 4. The van der Waals surface area contributed by atoms with Gasteiger partial charge >= 0.3 is 0 Å². The van der Waals surface area contributed by atoms with E-state index in [4.69, 9.17) is 9.73 Å². The van der Waals surface area contributed by atoms with Gasteiger partial charge in [0, 0.05) is 39.1 Å². The first-order valence-electron chi connectivity index (χ1n) is 10.3. The Kier molecular flexibility index (Phi) is 6.88. The summed E-state index contributed by atoms with van der Waals surface area (Å²) in [7, 11) is 0. The standard InChI is InChI=1S/C19H34N6O/c1-3-20-18(22-15-19(2)11-8-14-26-19)21-12-7-10-17-24-23-16-9-5-4-6-13-25(16)17/h3-15H2,1-2H3,(H2,20,21,22).